The zero-order valence-corrected chi connectivity index (χ0v) is 17.1. The fraction of sp³-hybridized carbons (Fsp3) is 0.318. The van der Waals surface area contributed by atoms with Gasteiger partial charge in [-0.1, -0.05) is 18.2 Å². The summed E-state index contributed by atoms with van der Waals surface area (Å²) in [5.74, 6) is -1.83. The van der Waals surface area contributed by atoms with Crippen LogP contribution in [-0.4, -0.2) is 29.4 Å². The summed E-state index contributed by atoms with van der Waals surface area (Å²) in [6, 6.07) is 12.3. The molecule has 158 valence electrons. The van der Waals surface area contributed by atoms with Gasteiger partial charge in [-0.05, 0) is 55.2 Å². The van der Waals surface area contributed by atoms with Crippen LogP contribution in [0.1, 0.15) is 36.4 Å². The van der Waals surface area contributed by atoms with Gasteiger partial charge >= 0.3 is 5.97 Å². The van der Waals surface area contributed by atoms with Crippen molar-refractivity contribution >= 4 is 26.7 Å². The number of hydrogen-bond donors (Lipinski definition) is 2. The summed E-state index contributed by atoms with van der Waals surface area (Å²) in [5, 5.41) is 8.87. The van der Waals surface area contributed by atoms with Crippen LogP contribution in [0.25, 0.3) is 10.9 Å². The highest BCUT2D eigenvalue weighted by Gasteiger charge is 2.38. The molecule has 2 unspecified atom stereocenters. The van der Waals surface area contributed by atoms with Gasteiger partial charge in [0.15, 0.2) is 9.84 Å². The number of aliphatic carboxylic acids is 1. The number of aryl methyl sites for hydroxylation is 1. The largest absolute Gasteiger partial charge is 0.481 e. The molecule has 1 aliphatic rings. The van der Waals surface area contributed by atoms with E-state index < -0.39 is 32.9 Å². The number of halogens is 1. The second-order valence-corrected chi connectivity index (χ2v) is 9.74. The van der Waals surface area contributed by atoms with Crippen LogP contribution in [0, 0.1) is 5.82 Å². The summed E-state index contributed by atoms with van der Waals surface area (Å²) in [5.41, 5.74) is 9.09. The fourth-order valence-electron chi connectivity index (χ4n) is 4.49. The zero-order chi connectivity index (χ0) is 21.5. The summed E-state index contributed by atoms with van der Waals surface area (Å²) < 4.78 is 41.6. The van der Waals surface area contributed by atoms with E-state index in [1.165, 1.54) is 12.1 Å². The van der Waals surface area contributed by atoms with Crippen LogP contribution >= 0.6 is 0 Å². The monoisotopic (exact) mass is 430 g/mol. The highest BCUT2D eigenvalue weighted by atomic mass is 32.2. The Labute approximate surface area is 174 Å². The highest BCUT2D eigenvalue weighted by molar-refractivity contribution is 7.92. The molecule has 1 aromatic heterocycles. The van der Waals surface area contributed by atoms with E-state index in [-0.39, 0.29) is 11.3 Å². The number of rotatable bonds is 6. The van der Waals surface area contributed by atoms with E-state index in [1.807, 2.05) is 28.8 Å². The number of aromatic nitrogens is 1. The maximum atomic E-state index is 13.3. The highest BCUT2D eigenvalue weighted by Crippen LogP contribution is 2.42. The molecule has 0 spiro atoms. The van der Waals surface area contributed by atoms with E-state index >= 15 is 0 Å². The molecule has 0 saturated carbocycles. The first-order valence-electron chi connectivity index (χ1n) is 9.87. The van der Waals surface area contributed by atoms with E-state index in [0.717, 1.165) is 47.1 Å². The normalized spacial score (nSPS) is 17.6. The quantitative estimate of drug-likeness (QED) is 0.583. The van der Waals surface area contributed by atoms with Crippen LogP contribution in [0.4, 0.5) is 4.39 Å². The molecule has 0 saturated heterocycles. The zero-order valence-electron chi connectivity index (χ0n) is 16.3. The molecule has 30 heavy (non-hydrogen) atoms. The molecule has 0 aliphatic heterocycles. The number of fused-ring (bicyclic) bond motifs is 3. The molecule has 1 aliphatic carbocycles. The number of carbonyl (C=O) groups is 1. The van der Waals surface area contributed by atoms with Gasteiger partial charge in [-0.15, -0.1) is 0 Å². The van der Waals surface area contributed by atoms with Crippen molar-refractivity contribution in [2.45, 2.75) is 48.4 Å². The number of carboxylic acid groups (broad SMARTS) is 1. The Morgan fingerprint density at radius 3 is 2.60 bits per heavy atom. The van der Waals surface area contributed by atoms with E-state index in [0.29, 0.717) is 13.0 Å². The Balaban J connectivity index is 1.81. The summed E-state index contributed by atoms with van der Waals surface area (Å²) in [6.45, 7) is 0.317. The van der Waals surface area contributed by atoms with Crippen molar-refractivity contribution in [3.8, 4) is 0 Å². The third-order valence-electron chi connectivity index (χ3n) is 5.87. The molecule has 0 fully saturated rings. The molecule has 2 atom stereocenters. The van der Waals surface area contributed by atoms with Crippen molar-refractivity contribution < 1.29 is 22.7 Å². The summed E-state index contributed by atoms with van der Waals surface area (Å²) in [7, 11) is -3.88. The molecule has 0 amide bonds. The molecule has 1 heterocycles. The van der Waals surface area contributed by atoms with Gasteiger partial charge in [-0.2, -0.15) is 0 Å². The van der Waals surface area contributed by atoms with Crippen molar-refractivity contribution in [1.82, 2.24) is 4.57 Å². The van der Waals surface area contributed by atoms with Gasteiger partial charge in [0.05, 0.1) is 11.3 Å². The smallest absolute Gasteiger partial charge is 0.305 e. The summed E-state index contributed by atoms with van der Waals surface area (Å²) >= 11 is 0. The molecule has 3 aromatic rings. The van der Waals surface area contributed by atoms with Gasteiger partial charge in [0, 0.05) is 29.1 Å². The van der Waals surface area contributed by atoms with Gasteiger partial charge in [-0.3, -0.25) is 4.79 Å². The Morgan fingerprint density at radius 2 is 1.90 bits per heavy atom. The molecule has 8 heteroatoms. The lowest BCUT2D eigenvalue weighted by atomic mass is 9.85. The average molecular weight is 431 g/mol. The molecule has 0 radical (unpaired) electrons. The number of nitrogens with zero attached hydrogens (tertiary/aromatic N) is 1. The number of hydrogen-bond acceptors (Lipinski definition) is 4. The SMILES string of the molecule is NC(C1CCCc2c1c1ccccc1n2CCC(=O)O)S(=O)(=O)c1ccc(F)cc1. The Bertz CT molecular complexity index is 1200. The predicted octanol–water partition coefficient (Wildman–Crippen LogP) is 3.43. The minimum absolute atomic E-state index is 0.00172. The van der Waals surface area contributed by atoms with Crippen molar-refractivity contribution in [3.63, 3.8) is 0 Å². The first-order valence-corrected chi connectivity index (χ1v) is 11.4. The lowest BCUT2D eigenvalue weighted by molar-refractivity contribution is -0.137. The molecule has 0 bridgehead atoms. The number of sulfone groups is 1. The van der Waals surface area contributed by atoms with Crippen molar-refractivity contribution in [2.24, 2.45) is 5.73 Å². The topological polar surface area (TPSA) is 102 Å². The Morgan fingerprint density at radius 1 is 1.20 bits per heavy atom. The van der Waals surface area contributed by atoms with E-state index in [2.05, 4.69) is 0 Å². The van der Waals surface area contributed by atoms with Crippen LogP contribution in [0.15, 0.2) is 53.4 Å². The van der Waals surface area contributed by atoms with Crippen LogP contribution in [0.3, 0.4) is 0 Å². The van der Waals surface area contributed by atoms with Crippen LogP contribution in [0.2, 0.25) is 0 Å². The van der Waals surface area contributed by atoms with Crippen molar-refractivity contribution in [2.75, 3.05) is 0 Å². The van der Waals surface area contributed by atoms with Crippen LogP contribution in [0.5, 0.6) is 0 Å². The van der Waals surface area contributed by atoms with Crippen molar-refractivity contribution in [3.05, 3.63) is 65.6 Å². The lowest BCUT2D eigenvalue weighted by Crippen LogP contribution is -2.38. The molecule has 4 rings (SSSR count). The molecular formula is C22H23FN2O4S. The van der Waals surface area contributed by atoms with Gasteiger partial charge in [0.25, 0.3) is 0 Å². The number of para-hydroxylation sites is 1. The second kappa shape index (κ2) is 7.85. The third-order valence-corrected chi connectivity index (χ3v) is 7.84. The maximum Gasteiger partial charge on any atom is 0.305 e. The van der Waals surface area contributed by atoms with E-state index in [9.17, 15) is 17.6 Å². The number of nitrogens with two attached hydrogens (primary N) is 1. The molecule has 6 nitrogen and oxygen atoms in total. The minimum Gasteiger partial charge on any atom is -0.481 e. The maximum absolute atomic E-state index is 13.3. The van der Waals surface area contributed by atoms with Gasteiger partial charge < -0.3 is 15.4 Å². The van der Waals surface area contributed by atoms with Crippen molar-refractivity contribution in [1.29, 1.82) is 0 Å². The first kappa shape index (κ1) is 20.6. The number of carboxylic acids is 1. The van der Waals surface area contributed by atoms with Crippen LogP contribution in [-0.2, 0) is 27.6 Å². The molecule has 3 N–H and O–H groups in total. The summed E-state index contributed by atoms with van der Waals surface area (Å²) in [6.07, 6.45) is 2.09. The van der Waals surface area contributed by atoms with E-state index in [1.54, 1.807) is 0 Å². The first-order chi connectivity index (χ1) is 14.3. The van der Waals surface area contributed by atoms with E-state index in [4.69, 9.17) is 10.8 Å². The predicted molar refractivity (Wildman–Crippen MR) is 111 cm³/mol. The minimum atomic E-state index is -3.88. The van der Waals surface area contributed by atoms with Gasteiger partial charge in [-0.25, -0.2) is 12.8 Å². The Kier molecular flexibility index (Phi) is 5.38. The number of benzene rings is 2. The molecular weight excluding hydrogens is 407 g/mol. The Hall–Kier alpha value is -2.71. The average Bonchev–Trinajstić information content (AvgIpc) is 3.06. The second-order valence-electron chi connectivity index (χ2n) is 7.64. The standard InChI is InChI=1S/C22H23FN2O4S/c23-14-8-10-15(11-9-14)30(28,29)22(24)17-5-3-7-19-21(17)16-4-1-2-6-18(16)25(19)13-12-20(26)27/h1-2,4,6,8-11,17,22H,3,5,7,12-13,24H2,(H,26,27). The van der Waals surface area contributed by atoms with Gasteiger partial charge in [0.1, 0.15) is 11.2 Å². The van der Waals surface area contributed by atoms with Crippen LogP contribution < -0.4 is 5.73 Å². The van der Waals surface area contributed by atoms with Gasteiger partial charge in [0.2, 0.25) is 0 Å². The molecule has 2 aromatic carbocycles. The third kappa shape index (κ3) is 3.50. The fourth-order valence-corrected chi connectivity index (χ4v) is 6.02. The lowest BCUT2D eigenvalue weighted by Gasteiger charge is -2.29. The summed E-state index contributed by atoms with van der Waals surface area (Å²) in [4.78, 5) is 11.1.